The number of likely N-dealkylation sites (N-methyl/N-ethyl adjacent to an activating group) is 1. The number of carbonyl (C=O) groups excluding carboxylic acids is 1. The van der Waals surface area contributed by atoms with E-state index < -0.39 is 0 Å². The number of ether oxygens (including phenoxy) is 2. The van der Waals surface area contributed by atoms with Crippen molar-refractivity contribution in [3.63, 3.8) is 0 Å². The Morgan fingerprint density at radius 1 is 1.11 bits per heavy atom. The second kappa shape index (κ2) is 8.12. The molecule has 1 aromatic heterocycles. The predicted octanol–water partition coefficient (Wildman–Crippen LogP) is 3.66. The number of nitrogens with zero attached hydrogens (tertiary/aromatic N) is 3. The number of benzene rings is 2. The minimum atomic E-state index is -0.0495. The fraction of sp³-hybridized carbons (Fsp3) is 0.263. The van der Waals surface area contributed by atoms with E-state index in [9.17, 15) is 4.79 Å². The summed E-state index contributed by atoms with van der Waals surface area (Å²) in [6, 6.07) is 13.1. The van der Waals surface area contributed by atoms with Crippen molar-refractivity contribution in [1.29, 1.82) is 0 Å². The molecular formula is C19H20ClN3O3S. The summed E-state index contributed by atoms with van der Waals surface area (Å²) in [5, 5.41) is 0.680. The number of hydrogen-bond acceptors (Lipinski definition) is 6. The number of rotatable bonds is 5. The van der Waals surface area contributed by atoms with Gasteiger partial charge in [0.25, 0.3) is 5.91 Å². The lowest BCUT2D eigenvalue weighted by Gasteiger charge is -2.22. The van der Waals surface area contributed by atoms with E-state index in [2.05, 4.69) is 9.88 Å². The fourth-order valence-corrected chi connectivity index (χ4v) is 3.74. The molecule has 0 fully saturated rings. The molecule has 0 bridgehead atoms. The Kier molecular flexibility index (Phi) is 5.84. The Morgan fingerprint density at radius 2 is 1.81 bits per heavy atom. The molecule has 0 radical (unpaired) electrons. The lowest BCUT2D eigenvalue weighted by atomic mass is 10.2. The quantitative estimate of drug-likeness (QED) is 0.648. The molecule has 1 amide bonds. The molecule has 4 rings (SSSR count). The van der Waals surface area contributed by atoms with E-state index in [0.29, 0.717) is 23.0 Å². The molecule has 0 spiro atoms. The van der Waals surface area contributed by atoms with Gasteiger partial charge in [0.2, 0.25) is 6.79 Å². The minimum absolute atomic E-state index is 0. The molecule has 6 nitrogen and oxygen atoms in total. The summed E-state index contributed by atoms with van der Waals surface area (Å²) in [6.07, 6.45) is 0. The summed E-state index contributed by atoms with van der Waals surface area (Å²) >= 11 is 1.49. The Labute approximate surface area is 167 Å². The number of amides is 1. The van der Waals surface area contributed by atoms with Gasteiger partial charge in [-0.05, 0) is 26.2 Å². The van der Waals surface area contributed by atoms with Crippen LogP contribution in [0.4, 0.5) is 5.13 Å². The molecule has 8 heteroatoms. The van der Waals surface area contributed by atoms with E-state index in [1.54, 1.807) is 4.90 Å². The molecule has 0 saturated carbocycles. The van der Waals surface area contributed by atoms with Crippen LogP contribution in [0.1, 0.15) is 10.4 Å². The Hall–Kier alpha value is -2.35. The molecule has 3 aromatic rings. The first-order valence-electron chi connectivity index (χ1n) is 8.33. The van der Waals surface area contributed by atoms with Gasteiger partial charge >= 0.3 is 0 Å². The summed E-state index contributed by atoms with van der Waals surface area (Å²) in [7, 11) is 3.98. The van der Waals surface area contributed by atoms with Crippen LogP contribution in [0.25, 0.3) is 10.2 Å². The monoisotopic (exact) mass is 405 g/mol. The van der Waals surface area contributed by atoms with E-state index in [1.807, 2.05) is 56.6 Å². The standard InChI is InChI=1S/C19H19N3O3S.ClH/c1-21(2)8-9-22(18(23)13-6-4-3-5-7-13)19-20-14-10-15-16(25-12-24-15)11-17(14)26-19;/h3-7,10-11H,8-9,12H2,1-2H3;1H. The third kappa shape index (κ3) is 4.00. The zero-order chi connectivity index (χ0) is 18.1. The maximum atomic E-state index is 13.1. The van der Waals surface area contributed by atoms with Crippen LogP contribution in [-0.2, 0) is 0 Å². The smallest absolute Gasteiger partial charge is 0.260 e. The highest BCUT2D eigenvalue weighted by Gasteiger charge is 2.23. The topological polar surface area (TPSA) is 54.9 Å². The molecule has 27 heavy (non-hydrogen) atoms. The average molecular weight is 406 g/mol. The molecule has 0 aliphatic carbocycles. The fourth-order valence-electron chi connectivity index (χ4n) is 2.74. The number of thiazole rings is 1. The minimum Gasteiger partial charge on any atom is -0.454 e. The van der Waals surface area contributed by atoms with Crippen LogP contribution in [0, 0.1) is 0 Å². The van der Waals surface area contributed by atoms with Crippen molar-refractivity contribution in [2.24, 2.45) is 0 Å². The van der Waals surface area contributed by atoms with Gasteiger partial charge in [-0.25, -0.2) is 4.98 Å². The summed E-state index contributed by atoms with van der Waals surface area (Å²) in [5.41, 5.74) is 1.46. The third-order valence-corrected chi connectivity index (χ3v) is 5.18. The zero-order valence-electron chi connectivity index (χ0n) is 15.0. The van der Waals surface area contributed by atoms with Crippen molar-refractivity contribution in [3.05, 3.63) is 48.0 Å². The van der Waals surface area contributed by atoms with E-state index in [-0.39, 0.29) is 25.1 Å². The molecule has 2 heterocycles. The largest absolute Gasteiger partial charge is 0.454 e. The van der Waals surface area contributed by atoms with Crippen molar-refractivity contribution >= 4 is 45.0 Å². The lowest BCUT2D eigenvalue weighted by molar-refractivity contribution is 0.0985. The molecule has 0 N–H and O–H groups in total. The maximum Gasteiger partial charge on any atom is 0.260 e. The second-order valence-corrected chi connectivity index (χ2v) is 7.30. The van der Waals surface area contributed by atoms with Gasteiger partial charge < -0.3 is 14.4 Å². The molecule has 0 unspecified atom stereocenters. The maximum absolute atomic E-state index is 13.1. The number of fused-ring (bicyclic) bond motifs is 2. The molecule has 0 atom stereocenters. The Balaban J connectivity index is 0.00000210. The van der Waals surface area contributed by atoms with Gasteiger partial charge in [-0.3, -0.25) is 9.69 Å². The second-order valence-electron chi connectivity index (χ2n) is 6.30. The van der Waals surface area contributed by atoms with Crippen molar-refractivity contribution in [3.8, 4) is 11.5 Å². The number of halogens is 1. The Bertz CT molecular complexity index is 905. The SMILES string of the molecule is CN(C)CCN(C(=O)c1ccccc1)c1nc2cc3c(cc2s1)OCO3.Cl. The number of carbonyl (C=O) groups is 1. The van der Waals surface area contributed by atoms with Crippen molar-refractivity contribution in [2.75, 3.05) is 38.9 Å². The van der Waals surface area contributed by atoms with Crippen LogP contribution in [-0.4, -0.2) is 49.8 Å². The van der Waals surface area contributed by atoms with Gasteiger partial charge in [0.15, 0.2) is 16.6 Å². The molecular weight excluding hydrogens is 386 g/mol. The highest BCUT2D eigenvalue weighted by Crippen LogP contribution is 2.39. The molecule has 1 aliphatic heterocycles. The lowest BCUT2D eigenvalue weighted by Crippen LogP contribution is -2.36. The number of anilines is 1. The van der Waals surface area contributed by atoms with E-state index >= 15 is 0 Å². The van der Waals surface area contributed by atoms with Gasteiger partial charge in [-0.2, -0.15) is 0 Å². The number of aromatic nitrogens is 1. The first kappa shape index (κ1) is 19.4. The number of hydrogen-bond donors (Lipinski definition) is 0. The normalized spacial score (nSPS) is 12.3. The van der Waals surface area contributed by atoms with Gasteiger partial charge in [0.1, 0.15) is 0 Å². The van der Waals surface area contributed by atoms with Gasteiger partial charge in [-0.1, -0.05) is 29.5 Å². The average Bonchev–Trinajstić information content (AvgIpc) is 3.25. The van der Waals surface area contributed by atoms with E-state index in [4.69, 9.17) is 9.47 Å². The van der Waals surface area contributed by atoms with Crippen molar-refractivity contribution in [1.82, 2.24) is 9.88 Å². The van der Waals surface area contributed by atoms with Gasteiger partial charge in [0.05, 0.1) is 10.2 Å². The summed E-state index contributed by atoms with van der Waals surface area (Å²) in [6.45, 7) is 1.55. The van der Waals surface area contributed by atoms with Crippen molar-refractivity contribution < 1.29 is 14.3 Å². The molecule has 1 aliphatic rings. The third-order valence-electron chi connectivity index (χ3n) is 4.14. The summed E-state index contributed by atoms with van der Waals surface area (Å²) in [5.74, 6) is 1.37. The molecule has 0 saturated heterocycles. The van der Waals surface area contributed by atoms with Crippen LogP contribution >= 0.6 is 23.7 Å². The first-order chi connectivity index (χ1) is 12.6. The predicted molar refractivity (Wildman–Crippen MR) is 110 cm³/mol. The van der Waals surface area contributed by atoms with Crippen LogP contribution in [0.15, 0.2) is 42.5 Å². The van der Waals surface area contributed by atoms with Gasteiger partial charge in [-0.15, -0.1) is 12.4 Å². The first-order valence-corrected chi connectivity index (χ1v) is 9.15. The van der Waals surface area contributed by atoms with E-state index in [0.717, 1.165) is 22.5 Å². The van der Waals surface area contributed by atoms with E-state index in [1.165, 1.54) is 11.3 Å². The summed E-state index contributed by atoms with van der Waals surface area (Å²) in [4.78, 5) is 21.5. The highest BCUT2D eigenvalue weighted by atomic mass is 35.5. The van der Waals surface area contributed by atoms with Crippen molar-refractivity contribution in [2.45, 2.75) is 0 Å². The summed E-state index contributed by atoms with van der Waals surface area (Å²) < 4.78 is 11.8. The van der Waals surface area contributed by atoms with Crippen LogP contribution < -0.4 is 14.4 Å². The Morgan fingerprint density at radius 3 is 2.52 bits per heavy atom. The molecule has 142 valence electrons. The van der Waals surface area contributed by atoms with Gasteiger partial charge in [0, 0.05) is 30.8 Å². The highest BCUT2D eigenvalue weighted by molar-refractivity contribution is 7.22. The van der Waals surface area contributed by atoms with Crippen LogP contribution in [0.5, 0.6) is 11.5 Å². The molecule has 2 aromatic carbocycles. The van der Waals surface area contributed by atoms with Crippen LogP contribution in [0.2, 0.25) is 0 Å². The zero-order valence-corrected chi connectivity index (χ0v) is 16.7. The van der Waals surface area contributed by atoms with Crippen LogP contribution in [0.3, 0.4) is 0 Å².